The maximum atomic E-state index is 5.72. The summed E-state index contributed by atoms with van der Waals surface area (Å²) in [7, 11) is 0. The van der Waals surface area contributed by atoms with Crippen molar-refractivity contribution in [3.8, 4) is 0 Å². The van der Waals surface area contributed by atoms with Gasteiger partial charge in [0, 0.05) is 11.9 Å². The van der Waals surface area contributed by atoms with E-state index in [1.807, 2.05) is 30.3 Å². The minimum atomic E-state index is 0.664. The van der Waals surface area contributed by atoms with Gasteiger partial charge in [-0.2, -0.15) is 0 Å². The minimum absolute atomic E-state index is 0.664. The molecule has 2 rings (SSSR count). The van der Waals surface area contributed by atoms with Crippen molar-refractivity contribution in [1.82, 2.24) is 0 Å². The fourth-order valence-electron chi connectivity index (χ4n) is 1.46. The number of nitrogens with zero attached hydrogens (tertiary/aromatic N) is 2. The minimum Gasteiger partial charge on any atom is -0.399 e. The molecule has 17 heavy (non-hydrogen) atoms. The van der Waals surface area contributed by atoms with Gasteiger partial charge >= 0.3 is 0 Å². The molecule has 3 nitrogen and oxygen atoms in total. The van der Waals surface area contributed by atoms with E-state index in [-0.39, 0.29) is 0 Å². The van der Waals surface area contributed by atoms with Gasteiger partial charge in [0.05, 0.1) is 11.4 Å². The first-order valence-electron chi connectivity index (χ1n) is 5.25. The van der Waals surface area contributed by atoms with Gasteiger partial charge < -0.3 is 5.73 Å². The summed E-state index contributed by atoms with van der Waals surface area (Å²) < 4.78 is 0. The average Bonchev–Trinajstić information content (AvgIpc) is 2.38. The van der Waals surface area contributed by atoms with Gasteiger partial charge in [-0.05, 0) is 30.5 Å². The molecule has 0 aliphatic carbocycles. The Morgan fingerprint density at radius 2 is 1.76 bits per heavy atom. The molecule has 0 radical (unpaired) electrons. The van der Waals surface area contributed by atoms with E-state index in [0.29, 0.717) is 5.69 Å². The summed E-state index contributed by atoms with van der Waals surface area (Å²) in [5.74, 6) is 0. The van der Waals surface area contributed by atoms with Gasteiger partial charge in [-0.25, -0.2) is 0 Å². The highest BCUT2D eigenvalue weighted by Gasteiger charge is 1.98. The normalized spacial score (nSPS) is 10.6. The lowest BCUT2D eigenvalue weighted by Crippen LogP contribution is -1.83. The van der Waals surface area contributed by atoms with Crippen molar-refractivity contribution in [1.29, 1.82) is 0 Å². The molecule has 84 valence electrons. The lowest BCUT2D eigenvalue weighted by atomic mass is 10.2. The highest BCUT2D eigenvalue weighted by atomic mass is 14.8. The molecule has 0 saturated heterocycles. The molecule has 0 aliphatic heterocycles. The molecule has 2 aromatic carbocycles. The number of aliphatic imine (C=N–C) groups is 2. The van der Waals surface area contributed by atoms with Crippen LogP contribution in [0, 0.1) is 0 Å². The standard InChI is InChI=1S/C14H13N3/c1-16-13-8-7-12(15)9-14(13)17-10-11-5-3-2-4-6-11/h2-10H,1,15H2/b17-10+. The van der Waals surface area contributed by atoms with E-state index in [4.69, 9.17) is 5.73 Å². The zero-order valence-corrected chi connectivity index (χ0v) is 9.38. The number of rotatable bonds is 3. The quantitative estimate of drug-likeness (QED) is 0.629. The number of anilines is 1. The Labute approximate surface area is 100 Å². The Morgan fingerprint density at radius 1 is 1.00 bits per heavy atom. The average molecular weight is 223 g/mol. The highest BCUT2D eigenvalue weighted by molar-refractivity contribution is 5.84. The Bertz CT molecular complexity index is 545. The lowest BCUT2D eigenvalue weighted by Gasteiger charge is -2.01. The van der Waals surface area contributed by atoms with Crippen molar-refractivity contribution in [2.24, 2.45) is 9.98 Å². The Kier molecular flexibility index (Phi) is 3.31. The van der Waals surface area contributed by atoms with Crippen LogP contribution >= 0.6 is 0 Å². The van der Waals surface area contributed by atoms with Crippen LogP contribution < -0.4 is 5.73 Å². The van der Waals surface area contributed by atoms with Crippen molar-refractivity contribution in [2.75, 3.05) is 5.73 Å². The monoisotopic (exact) mass is 223 g/mol. The second kappa shape index (κ2) is 5.07. The molecule has 3 heteroatoms. The van der Waals surface area contributed by atoms with Crippen LogP contribution in [0.15, 0.2) is 58.5 Å². The van der Waals surface area contributed by atoms with E-state index in [9.17, 15) is 0 Å². The molecule has 0 heterocycles. The third-order valence-corrected chi connectivity index (χ3v) is 2.32. The molecule has 0 amide bonds. The van der Waals surface area contributed by atoms with Gasteiger partial charge in [-0.15, -0.1) is 0 Å². The predicted octanol–water partition coefficient (Wildman–Crippen LogP) is 3.35. The third-order valence-electron chi connectivity index (χ3n) is 2.32. The molecule has 0 fully saturated rings. The molecule has 0 spiro atoms. The molecule has 0 unspecified atom stereocenters. The second-order valence-electron chi connectivity index (χ2n) is 3.58. The molecular formula is C14H13N3. The highest BCUT2D eigenvalue weighted by Crippen LogP contribution is 2.29. The maximum Gasteiger partial charge on any atom is 0.0906 e. The Hall–Kier alpha value is -2.42. The van der Waals surface area contributed by atoms with Gasteiger partial charge in [0.15, 0.2) is 0 Å². The lowest BCUT2D eigenvalue weighted by molar-refractivity contribution is 1.46. The van der Waals surface area contributed by atoms with Gasteiger partial charge in [0.25, 0.3) is 0 Å². The van der Waals surface area contributed by atoms with Crippen molar-refractivity contribution in [3.05, 3.63) is 54.1 Å². The van der Waals surface area contributed by atoms with Crippen LogP contribution in [0.3, 0.4) is 0 Å². The summed E-state index contributed by atoms with van der Waals surface area (Å²) in [6, 6.07) is 15.2. The van der Waals surface area contributed by atoms with Crippen LogP contribution in [-0.2, 0) is 0 Å². The molecule has 2 N–H and O–H groups in total. The van der Waals surface area contributed by atoms with E-state index in [0.717, 1.165) is 16.9 Å². The van der Waals surface area contributed by atoms with E-state index in [1.54, 1.807) is 24.4 Å². The third kappa shape index (κ3) is 2.78. The molecule has 0 bridgehead atoms. The van der Waals surface area contributed by atoms with Gasteiger partial charge in [-0.3, -0.25) is 9.98 Å². The summed E-state index contributed by atoms with van der Waals surface area (Å²) in [4.78, 5) is 8.27. The molecule has 0 aliphatic rings. The van der Waals surface area contributed by atoms with E-state index in [1.165, 1.54) is 0 Å². The van der Waals surface area contributed by atoms with Gasteiger partial charge in [0.1, 0.15) is 0 Å². The number of hydrogen-bond acceptors (Lipinski definition) is 3. The summed E-state index contributed by atoms with van der Waals surface area (Å²) in [6.45, 7) is 3.51. The second-order valence-corrected chi connectivity index (χ2v) is 3.58. The van der Waals surface area contributed by atoms with E-state index >= 15 is 0 Å². The van der Waals surface area contributed by atoms with Crippen LogP contribution in [0.1, 0.15) is 5.56 Å². The zero-order chi connectivity index (χ0) is 12.1. The zero-order valence-electron chi connectivity index (χ0n) is 9.38. The smallest absolute Gasteiger partial charge is 0.0906 e. The first kappa shape index (κ1) is 11.1. The maximum absolute atomic E-state index is 5.72. The van der Waals surface area contributed by atoms with Gasteiger partial charge in [0.2, 0.25) is 0 Å². The van der Waals surface area contributed by atoms with E-state index in [2.05, 4.69) is 16.7 Å². The number of nitrogens with two attached hydrogens (primary N) is 1. The van der Waals surface area contributed by atoms with Gasteiger partial charge in [-0.1, -0.05) is 30.3 Å². The Balaban J connectivity index is 2.32. The predicted molar refractivity (Wildman–Crippen MR) is 73.8 cm³/mol. The van der Waals surface area contributed by atoms with Crippen molar-refractivity contribution >= 4 is 30.0 Å². The molecule has 0 aromatic heterocycles. The summed E-state index contributed by atoms with van der Waals surface area (Å²) in [6.07, 6.45) is 1.78. The molecule has 0 atom stereocenters. The van der Waals surface area contributed by atoms with Crippen molar-refractivity contribution < 1.29 is 0 Å². The summed E-state index contributed by atoms with van der Waals surface area (Å²) in [5, 5.41) is 0. The van der Waals surface area contributed by atoms with E-state index < -0.39 is 0 Å². The topological polar surface area (TPSA) is 50.7 Å². The van der Waals surface area contributed by atoms with Crippen LogP contribution in [0.2, 0.25) is 0 Å². The fraction of sp³-hybridized carbons (Fsp3) is 0. The fourth-order valence-corrected chi connectivity index (χ4v) is 1.46. The number of hydrogen-bond donors (Lipinski definition) is 1. The number of nitrogen functional groups attached to an aromatic ring is 1. The first-order valence-corrected chi connectivity index (χ1v) is 5.25. The Morgan fingerprint density at radius 3 is 2.47 bits per heavy atom. The SMILES string of the molecule is C=Nc1ccc(N)cc1/N=C/c1ccccc1. The molecule has 2 aromatic rings. The van der Waals surface area contributed by atoms with Crippen molar-refractivity contribution in [2.45, 2.75) is 0 Å². The molecule has 0 saturated carbocycles. The first-order chi connectivity index (χ1) is 8.29. The number of benzene rings is 2. The largest absolute Gasteiger partial charge is 0.399 e. The van der Waals surface area contributed by atoms with Crippen LogP contribution in [0.4, 0.5) is 17.1 Å². The van der Waals surface area contributed by atoms with Crippen LogP contribution in [0.25, 0.3) is 0 Å². The summed E-state index contributed by atoms with van der Waals surface area (Å²) in [5.41, 5.74) is 8.87. The van der Waals surface area contributed by atoms with Crippen molar-refractivity contribution in [3.63, 3.8) is 0 Å². The molecular weight excluding hydrogens is 210 g/mol. The summed E-state index contributed by atoms with van der Waals surface area (Å²) >= 11 is 0. The van der Waals surface area contributed by atoms with Crippen LogP contribution in [0.5, 0.6) is 0 Å². The van der Waals surface area contributed by atoms with Crippen LogP contribution in [-0.4, -0.2) is 12.9 Å².